The molecule has 1 aromatic heterocycles. The van der Waals surface area contributed by atoms with E-state index in [0.29, 0.717) is 0 Å². The number of hydrogen-bond donors (Lipinski definition) is 2. The van der Waals surface area contributed by atoms with Gasteiger partial charge in [0.25, 0.3) is 0 Å². The first-order valence-electron chi connectivity index (χ1n) is 6.02. The van der Waals surface area contributed by atoms with Crippen LogP contribution in [0.25, 0.3) is 0 Å². The summed E-state index contributed by atoms with van der Waals surface area (Å²) in [6, 6.07) is 4.17. The Bertz CT molecular complexity index is 392. The molecule has 1 aliphatic heterocycles. The summed E-state index contributed by atoms with van der Waals surface area (Å²) in [5.41, 5.74) is 1.18. The van der Waals surface area contributed by atoms with Crippen molar-refractivity contribution in [3.05, 3.63) is 30.1 Å². The van der Waals surface area contributed by atoms with Crippen molar-refractivity contribution in [2.45, 2.75) is 32.4 Å². The fraction of sp³-hybridized carbons (Fsp3) is 0.538. The minimum atomic E-state index is 0.0261. The van der Waals surface area contributed by atoms with Gasteiger partial charge in [0.15, 0.2) is 0 Å². The molecular formula is C13H20N4. The summed E-state index contributed by atoms with van der Waals surface area (Å²) >= 11 is 0. The van der Waals surface area contributed by atoms with Gasteiger partial charge in [0.1, 0.15) is 5.84 Å². The van der Waals surface area contributed by atoms with E-state index in [4.69, 9.17) is 0 Å². The number of nitrogens with zero attached hydrogens (tertiary/aromatic N) is 2. The van der Waals surface area contributed by atoms with Crippen LogP contribution in [0.4, 0.5) is 0 Å². The molecule has 4 heteroatoms. The number of pyridine rings is 1. The largest absolute Gasteiger partial charge is 0.368 e. The molecular weight excluding hydrogens is 212 g/mol. The molecule has 0 amide bonds. The van der Waals surface area contributed by atoms with Gasteiger partial charge in [0.05, 0.1) is 12.6 Å². The Morgan fingerprint density at radius 3 is 2.88 bits per heavy atom. The van der Waals surface area contributed by atoms with E-state index < -0.39 is 0 Å². The monoisotopic (exact) mass is 232 g/mol. The van der Waals surface area contributed by atoms with Crippen LogP contribution >= 0.6 is 0 Å². The maximum Gasteiger partial charge on any atom is 0.119 e. The van der Waals surface area contributed by atoms with E-state index in [9.17, 15) is 0 Å². The smallest absolute Gasteiger partial charge is 0.119 e. The van der Waals surface area contributed by atoms with Gasteiger partial charge in [-0.2, -0.15) is 0 Å². The van der Waals surface area contributed by atoms with Crippen molar-refractivity contribution in [3.8, 4) is 0 Å². The summed E-state index contributed by atoms with van der Waals surface area (Å²) < 4.78 is 0. The second kappa shape index (κ2) is 4.84. The molecule has 92 valence electrons. The number of rotatable bonds is 1. The lowest BCUT2D eigenvalue weighted by Gasteiger charge is -2.31. The van der Waals surface area contributed by atoms with E-state index in [2.05, 4.69) is 47.4 Å². The van der Waals surface area contributed by atoms with Crippen LogP contribution in [-0.2, 0) is 0 Å². The van der Waals surface area contributed by atoms with Gasteiger partial charge >= 0.3 is 0 Å². The number of aliphatic imine (C=N–C) groups is 1. The summed E-state index contributed by atoms with van der Waals surface area (Å²) in [7, 11) is 0. The highest BCUT2D eigenvalue weighted by Gasteiger charge is 2.24. The average Bonchev–Trinajstić information content (AvgIpc) is 2.29. The molecule has 4 nitrogen and oxygen atoms in total. The number of amidine groups is 1. The number of hydrogen-bond acceptors (Lipinski definition) is 4. The molecule has 0 saturated heterocycles. The Hall–Kier alpha value is -1.42. The van der Waals surface area contributed by atoms with Gasteiger partial charge in [-0.25, -0.2) is 0 Å². The topological polar surface area (TPSA) is 49.3 Å². The van der Waals surface area contributed by atoms with E-state index in [-0.39, 0.29) is 11.6 Å². The van der Waals surface area contributed by atoms with Crippen molar-refractivity contribution in [1.82, 2.24) is 15.6 Å². The molecule has 2 rings (SSSR count). The Balaban J connectivity index is 2.21. The van der Waals surface area contributed by atoms with Crippen LogP contribution < -0.4 is 10.6 Å². The van der Waals surface area contributed by atoms with Crippen molar-refractivity contribution in [1.29, 1.82) is 0 Å². The van der Waals surface area contributed by atoms with Gasteiger partial charge in [-0.05, 0) is 32.4 Å². The van der Waals surface area contributed by atoms with Gasteiger partial charge in [-0.15, -0.1) is 0 Å². The molecule has 2 heterocycles. The molecule has 0 saturated carbocycles. The van der Waals surface area contributed by atoms with Gasteiger partial charge < -0.3 is 10.6 Å². The van der Waals surface area contributed by atoms with Crippen molar-refractivity contribution in [3.63, 3.8) is 0 Å². The molecule has 0 aromatic carbocycles. The van der Waals surface area contributed by atoms with Crippen LogP contribution in [-0.4, -0.2) is 29.4 Å². The fourth-order valence-electron chi connectivity index (χ4n) is 1.89. The first-order chi connectivity index (χ1) is 8.06. The van der Waals surface area contributed by atoms with Crippen LogP contribution in [0.3, 0.4) is 0 Å². The summed E-state index contributed by atoms with van der Waals surface area (Å²) in [6.07, 6.45) is 3.68. The highest BCUT2D eigenvalue weighted by molar-refractivity contribution is 5.89. The molecule has 0 spiro atoms. The molecule has 0 fully saturated rings. The minimum Gasteiger partial charge on any atom is -0.368 e. The predicted molar refractivity (Wildman–Crippen MR) is 70.2 cm³/mol. The average molecular weight is 232 g/mol. The molecule has 0 aliphatic carbocycles. The third kappa shape index (κ3) is 3.27. The fourth-order valence-corrected chi connectivity index (χ4v) is 1.89. The maximum absolute atomic E-state index is 4.59. The molecule has 17 heavy (non-hydrogen) atoms. The molecule has 1 aromatic rings. The minimum absolute atomic E-state index is 0.0261. The highest BCUT2D eigenvalue weighted by atomic mass is 15.1. The lowest BCUT2D eigenvalue weighted by Crippen LogP contribution is -2.49. The predicted octanol–water partition coefficient (Wildman–Crippen LogP) is 1.51. The quantitative estimate of drug-likeness (QED) is 0.771. The van der Waals surface area contributed by atoms with E-state index in [1.54, 1.807) is 6.20 Å². The standard InChI is InChI=1S/C13H20N4/c1-13(2,3)17-12-11(15-7-8-16-12)10-5-4-6-14-9-10/h4-6,9,11,15H,7-8H2,1-3H3,(H,16,17). The summed E-state index contributed by atoms with van der Waals surface area (Å²) in [4.78, 5) is 8.76. The number of aromatic nitrogens is 1. The first kappa shape index (κ1) is 12.0. The summed E-state index contributed by atoms with van der Waals surface area (Å²) in [5, 5.41) is 6.94. The summed E-state index contributed by atoms with van der Waals surface area (Å²) in [5.74, 6) is 1.01. The van der Waals surface area contributed by atoms with E-state index >= 15 is 0 Å². The van der Waals surface area contributed by atoms with Gasteiger partial charge in [0.2, 0.25) is 0 Å². The van der Waals surface area contributed by atoms with Crippen molar-refractivity contribution in [2.24, 2.45) is 4.99 Å². The van der Waals surface area contributed by atoms with Gasteiger partial charge in [-0.1, -0.05) is 6.07 Å². The van der Waals surface area contributed by atoms with Crippen LogP contribution in [0.15, 0.2) is 29.5 Å². The van der Waals surface area contributed by atoms with Crippen LogP contribution in [0.5, 0.6) is 0 Å². The van der Waals surface area contributed by atoms with Gasteiger partial charge in [-0.3, -0.25) is 9.98 Å². The number of nitrogens with one attached hydrogen (secondary N) is 2. The third-order valence-corrected chi connectivity index (χ3v) is 2.54. The highest BCUT2D eigenvalue weighted by Crippen LogP contribution is 2.16. The molecule has 0 radical (unpaired) electrons. The third-order valence-electron chi connectivity index (χ3n) is 2.54. The zero-order chi connectivity index (χ0) is 12.3. The molecule has 0 bridgehead atoms. The van der Waals surface area contributed by atoms with E-state index in [0.717, 1.165) is 24.5 Å². The Labute approximate surface area is 103 Å². The Morgan fingerprint density at radius 2 is 2.24 bits per heavy atom. The zero-order valence-corrected chi connectivity index (χ0v) is 10.7. The SMILES string of the molecule is CC(C)(C)NC1=NCCNC1c1cccnc1. The lowest BCUT2D eigenvalue weighted by molar-refractivity contribution is 0.483. The second-order valence-corrected chi connectivity index (χ2v) is 5.32. The van der Waals surface area contributed by atoms with E-state index in [1.165, 1.54) is 0 Å². The normalized spacial score (nSPS) is 20.9. The molecule has 2 N–H and O–H groups in total. The molecule has 1 aliphatic rings. The van der Waals surface area contributed by atoms with Crippen LogP contribution in [0.1, 0.15) is 32.4 Å². The van der Waals surface area contributed by atoms with E-state index in [1.807, 2.05) is 12.3 Å². The molecule has 1 unspecified atom stereocenters. The molecule has 1 atom stereocenters. The van der Waals surface area contributed by atoms with Crippen LogP contribution in [0, 0.1) is 0 Å². The zero-order valence-electron chi connectivity index (χ0n) is 10.7. The second-order valence-electron chi connectivity index (χ2n) is 5.32. The van der Waals surface area contributed by atoms with Gasteiger partial charge in [0, 0.05) is 24.5 Å². The summed E-state index contributed by atoms with van der Waals surface area (Å²) in [6.45, 7) is 8.17. The maximum atomic E-state index is 4.59. The Morgan fingerprint density at radius 1 is 1.41 bits per heavy atom. The van der Waals surface area contributed by atoms with Crippen molar-refractivity contribution >= 4 is 5.84 Å². The van der Waals surface area contributed by atoms with Crippen molar-refractivity contribution < 1.29 is 0 Å². The first-order valence-corrected chi connectivity index (χ1v) is 6.02. The van der Waals surface area contributed by atoms with Crippen molar-refractivity contribution in [2.75, 3.05) is 13.1 Å². The lowest BCUT2D eigenvalue weighted by atomic mass is 10.0. The van der Waals surface area contributed by atoms with Crippen LogP contribution in [0.2, 0.25) is 0 Å². The Kier molecular flexibility index (Phi) is 3.43.